The average molecular weight is 340 g/mol. The maximum atomic E-state index is 12.5. The zero-order valence-electron chi connectivity index (χ0n) is 14.5. The molecule has 132 valence electrons. The molecule has 5 heteroatoms. The summed E-state index contributed by atoms with van der Waals surface area (Å²) in [5.74, 6) is 0.929. The molecule has 1 fully saturated rings. The van der Waals surface area contributed by atoms with Crippen LogP contribution >= 0.6 is 0 Å². The van der Waals surface area contributed by atoms with Gasteiger partial charge in [-0.05, 0) is 37.6 Å². The van der Waals surface area contributed by atoms with E-state index in [2.05, 4.69) is 23.3 Å². The van der Waals surface area contributed by atoms with Crippen molar-refractivity contribution >= 4 is 5.91 Å². The van der Waals surface area contributed by atoms with Crippen LogP contribution in [0.25, 0.3) is 0 Å². The highest BCUT2D eigenvalue weighted by Gasteiger charge is 2.43. The Hall–Kier alpha value is -2.27. The number of rotatable bonds is 3. The molecule has 1 amide bonds. The van der Waals surface area contributed by atoms with E-state index in [-0.39, 0.29) is 17.6 Å². The highest BCUT2D eigenvalue weighted by atomic mass is 16.5. The zero-order chi connectivity index (χ0) is 17.3. The van der Waals surface area contributed by atoms with Crippen molar-refractivity contribution < 1.29 is 13.9 Å². The Balaban J connectivity index is 1.54. The van der Waals surface area contributed by atoms with Gasteiger partial charge in [-0.1, -0.05) is 18.2 Å². The number of carbonyl (C=O) groups excluding carboxylic acids is 1. The van der Waals surface area contributed by atoms with Gasteiger partial charge in [0.2, 0.25) is 5.91 Å². The molecule has 1 spiro atoms. The van der Waals surface area contributed by atoms with E-state index in [0.29, 0.717) is 6.42 Å². The van der Waals surface area contributed by atoms with Gasteiger partial charge in [-0.25, -0.2) is 0 Å². The molecule has 0 saturated carbocycles. The molecule has 3 heterocycles. The number of nitrogens with one attached hydrogen (secondary N) is 1. The molecule has 1 saturated heterocycles. The van der Waals surface area contributed by atoms with Crippen molar-refractivity contribution in [2.24, 2.45) is 0 Å². The van der Waals surface area contributed by atoms with E-state index in [1.54, 1.807) is 12.5 Å². The largest absolute Gasteiger partial charge is 0.487 e. The lowest BCUT2D eigenvalue weighted by molar-refractivity contribution is -0.122. The summed E-state index contributed by atoms with van der Waals surface area (Å²) < 4.78 is 11.5. The van der Waals surface area contributed by atoms with Crippen molar-refractivity contribution in [2.45, 2.75) is 37.3 Å². The summed E-state index contributed by atoms with van der Waals surface area (Å²) in [7, 11) is 2.15. The quantitative estimate of drug-likeness (QED) is 0.933. The second-order valence-electron chi connectivity index (χ2n) is 7.26. The van der Waals surface area contributed by atoms with Crippen molar-refractivity contribution in [3.8, 4) is 5.75 Å². The van der Waals surface area contributed by atoms with Gasteiger partial charge in [0, 0.05) is 25.1 Å². The molecule has 4 rings (SSSR count). The normalized spacial score (nSPS) is 22.2. The second-order valence-corrected chi connectivity index (χ2v) is 7.26. The number of amides is 1. The lowest BCUT2D eigenvalue weighted by Crippen LogP contribution is -2.51. The van der Waals surface area contributed by atoms with Gasteiger partial charge in [-0.2, -0.15) is 0 Å². The standard InChI is InChI=1S/C20H24N2O3/c1-22-9-7-20(8-10-22)13-17(16-4-2-3-5-18(16)25-20)21-19(23)12-15-6-11-24-14-15/h2-6,11,14,17H,7-10,12-13H2,1H3,(H,21,23). The van der Waals surface area contributed by atoms with Crippen LogP contribution in [0, 0.1) is 0 Å². The lowest BCUT2D eigenvalue weighted by Gasteiger charge is -2.46. The monoisotopic (exact) mass is 340 g/mol. The topological polar surface area (TPSA) is 54.7 Å². The van der Waals surface area contributed by atoms with Crippen molar-refractivity contribution in [1.82, 2.24) is 10.2 Å². The number of benzene rings is 1. The molecule has 1 aromatic carbocycles. The molecular formula is C20H24N2O3. The minimum absolute atomic E-state index is 0.00671. The molecule has 2 aromatic rings. The van der Waals surface area contributed by atoms with E-state index in [9.17, 15) is 4.79 Å². The zero-order valence-corrected chi connectivity index (χ0v) is 14.5. The summed E-state index contributed by atoms with van der Waals surface area (Å²) in [6, 6.07) is 9.90. The number of para-hydroxylation sites is 1. The number of fused-ring (bicyclic) bond motifs is 1. The third-order valence-corrected chi connectivity index (χ3v) is 5.38. The van der Waals surface area contributed by atoms with Crippen molar-refractivity contribution in [2.75, 3.05) is 20.1 Å². The van der Waals surface area contributed by atoms with E-state index in [1.807, 2.05) is 24.3 Å². The molecule has 5 nitrogen and oxygen atoms in total. The first-order chi connectivity index (χ1) is 12.1. The summed E-state index contributed by atoms with van der Waals surface area (Å²) in [4.78, 5) is 14.8. The van der Waals surface area contributed by atoms with E-state index in [1.165, 1.54) is 0 Å². The molecule has 0 radical (unpaired) electrons. The van der Waals surface area contributed by atoms with Crippen LogP contribution in [0.5, 0.6) is 5.75 Å². The van der Waals surface area contributed by atoms with Gasteiger partial charge >= 0.3 is 0 Å². The summed E-state index contributed by atoms with van der Waals surface area (Å²) in [6.45, 7) is 2.05. The van der Waals surface area contributed by atoms with Crippen molar-refractivity contribution in [3.05, 3.63) is 54.0 Å². The maximum absolute atomic E-state index is 12.5. The fourth-order valence-electron chi connectivity index (χ4n) is 3.90. The highest BCUT2D eigenvalue weighted by molar-refractivity contribution is 5.79. The van der Waals surface area contributed by atoms with Gasteiger partial charge in [0.05, 0.1) is 25.0 Å². The van der Waals surface area contributed by atoms with E-state index in [0.717, 1.165) is 49.2 Å². The SMILES string of the molecule is CN1CCC2(CC1)CC(NC(=O)Cc1ccoc1)c1ccccc1O2. The van der Waals surface area contributed by atoms with E-state index >= 15 is 0 Å². The Morgan fingerprint density at radius 2 is 2.08 bits per heavy atom. The van der Waals surface area contributed by atoms with Gasteiger partial charge in [0.25, 0.3) is 0 Å². The number of furan rings is 1. The summed E-state index contributed by atoms with van der Waals surface area (Å²) in [5.41, 5.74) is 1.80. The predicted molar refractivity (Wildman–Crippen MR) is 94.4 cm³/mol. The lowest BCUT2D eigenvalue weighted by atomic mass is 9.80. The second kappa shape index (κ2) is 6.56. The number of carbonyl (C=O) groups is 1. The molecular weight excluding hydrogens is 316 g/mol. The summed E-state index contributed by atoms with van der Waals surface area (Å²) in [5, 5.41) is 3.22. The number of hydrogen-bond donors (Lipinski definition) is 1. The Kier molecular flexibility index (Phi) is 4.25. The van der Waals surface area contributed by atoms with Gasteiger partial charge in [-0.3, -0.25) is 4.79 Å². The van der Waals surface area contributed by atoms with Crippen LogP contribution in [0.15, 0.2) is 47.3 Å². The predicted octanol–water partition coefficient (Wildman–Crippen LogP) is 2.93. The summed E-state index contributed by atoms with van der Waals surface area (Å²) >= 11 is 0. The third kappa shape index (κ3) is 3.42. The van der Waals surface area contributed by atoms with Crippen LogP contribution in [0.3, 0.4) is 0 Å². The van der Waals surface area contributed by atoms with Crippen LogP contribution in [-0.4, -0.2) is 36.5 Å². The molecule has 25 heavy (non-hydrogen) atoms. The smallest absolute Gasteiger partial charge is 0.225 e. The Bertz CT molecular complexity index is 733. The highest BCUT2D eigenvalue weighted by Crippen LogP contribution is 2.44. The number of nitrogens with zero attached hydrogens (tertiary/aromatic N) is 1. The molecule has 1 N–H and O–H groups in total. The molecule has 0 bridgehead atoms. The molecule has 1 unspecified atom stereocenters. The fraction of sp³-hybridized carbons (Fsp3) is 0.450. The van der Waals surface area contributed by atoms with E-state index < -0.39 is 0 Å². The fourth-order valence-corrected chi connectivity index (χ4v) is 3.90. The number of hydrogen-bond acceptors (Lipinski definition) is 4. The average Bonchev–Trinajstić information content (AvgIpc) is 3.11. The molecule has 1 aromatic heterocycles. The molecule has 1 atom stereocenters. The summed E-state index contributed by atoms with van der Waals surface area (Å²) in [6.07, 6.45) is 6.37. The third-order valence-electron chi connectivity index (χ3n) is 5.38. The number of likely N-dealkylation sites (tertiary alicyclic amines) is 1. The Labute approximate surface area is 148 Å². The van der Waals surface area contributed by atoms with Crippen LogP contribution in [0.2, 0.25) is 0 Å². The first-order valence-corrected chi connectivity index (χ1v) is 8.90. The Morgan fingerprint density at radius 3 is 2.84 bits per heavy atom. The van der Waals surface area contributed by atoms with Gasteiger partial charge in [0.15, 0.2) is 0 Å². The van der Waals surface area contributed by atoms with Gasteiger partial charge < -0.3 is 19.4 Å². The van der Waals surface area contributed by atoms with Crippen LogP contribution in [-0.2, 0) is 11.2 Å². The van der Waals surface area contributed by atoms with Crippen LogP contribution in [0.1, 0.15) is 36.4 Å². The first kappa shape index (κ1) is 16.2. The van der Waals surface area contributed by atoms with Crippen LogP contribution in [0.4, 0.5) is 0 Å². The van der Waals surface area contributed by atoms with Crippen molar-refractivity contribution in [3.63, 3.8) is 0 Å². The minimum atomic E-state index is -0.172. The van der Waals surface area contributed by atoms with Gasteiger partial charge in [0.1, 0.15) is 11.4 Å². The van der Waals surface area contributed by atoms with Crippen molar-refractivity contribution in [1.29, 1.82) is 0 Å². The maximum Gasteiger partial charge on any atom is 0.225 e. The van der Waals surface area contributed by atoms with E-state index in [4.69, 9.17) is 9.15 Å². The molecule has 2 aliphatic heterocycles. The molecule has 2 aliphatic rings. The first-order valence-electron chi connectivity index (χ1n) is 8.90. The number of ether oxygens (including phenoxy) is 1. The minimum Gasteiger partial charge on any atom is -0.487 e. The van der Waals surface area contributed by atoms with Crippen LogP contribution < -0.4 is 10.1 Å². The number of piperidine rings is 1. The Morgan fingerprint density at radius 1 is 1.28 bits per heavy atom. The van der Waals surface area contributed by atoms with Gasteiger partial charge in [-0.15, -0.1) is 0 Å². The molecule has 0 aliphatic carbocycles.